The normalized spacial score (nSPS) is 10.9. The average molecular weight is 496 g/mol. The van der Waals surface area contributed by atoms with Gasteiger partial charge in [0, 0.05) is 21.2 Å². The lowest BCUT2D eigenvalue weighted by atomic mass is 9.98. The first kappa shape index (κ1) is 23.7. The van der Waals surface area contributed by atoms with Gasteiger partial charge in [-0.05, 0) is 61.9 Å². The summed E-state index contributed by atoms with van der Waals surface area (Å²) >= 11 is 12.1. The number of amides is 1. The van der Waals surface area contributed by atoms with Gasteiger partial charge in [-0.1, -0.05) is 47.5 Å². The lowest BCUT2D eigenvalue weighted by Crippen LogP contribution is -2.18. The lowest BCUT2D eigenvalue weighted by molar-refractivity contribution is 0.0996. The Labute approximate surface area is 206 Å². The van der Waals surface area contributed by atoms with Crippen LogP contribution in [0.5, 0.6) is 0 Å². The number of anilines is 1. The Morgan fingerprint density at radius 2 is 1.65 bits per heavy atom. The summed E-state index contributed by atoms with van der Waals surface area (Å²) in [4.78, 5) is 26.3. The molecule has 0 atom stereocenters. The van der Waals surface area contributed by atoms with Gasteiger partial charge in [0.25, 0.3) is 5.91 Å². The molecule has 34 heavy (non-hydrogen) atoms. The van der Waals surface area contributed by atoms with Crippen molar-refractivity contribution in [3.63, 3.8) is 0 Å². The molecule has 0 unspecified atom stereocenters. The minimum atomic E-state index is -0.427. The van der Waals surface area contributed by atoms with Gasteiger partial charge in [-0.2, -0.15) is 5.10 Å². The number of aryl methyl sites for hydroxylation is 1. The van der Waals surface area contributed by atoms with E-state index in [9.17, 15) is 14.0 Å². The molecule has 0 bridgehead atoms. The first-order valence-electron chi connectivity index (χ1n) is 10.4. The predicted octanol–water partition coefficient (Wildman–Crippen LogP) is 6.48. The van der Waals surface area contributed by atoms with Crippen LogP contribution in [0.1, 0.15) is 43.2 Å². The predicted molar refractivity (Wildman–Crippen MR) is 131 cm³/mol. The van der Waals surface area contributed by atoms with Gasteiger partial charge in [0.2, 0.25) is 0 Å². The SMILES string of the molecule is Cc1nn(Cc2ccc(F)cc2Cl)c(C)c1NC(=O)c1ccccc1C(=O)c1ccc(Cl)cc1. The summed E-state index contributed by atoms with van der Waals surface area (Å²) in [5.41, 5.74) is 3.50. The number of halogens is 3. The number of rotatable bonds is 6. The molecule has 0 aliphatic carbocycles. The third-order valence-corrected chi connectivity index (χ3v) is 6.08. The van der Waals surface area contributed by atoms with E-state index in [-0.39, 0.29) is 16.9 Å². The quantitative estimate of drug-likeness (QED) is 0.311. The number of ketones is 1. The van der Waals surface area contributed by atoms with Crippen molar-refractivity contribution in [3.8, 4) is 0 Å². The molecular formula is C26H20Cl2FN3O2. The van der Waals surface area contributed by atoms with Crippen LogP contribution < -0.4 is 5.32 Å². The highest BCUT2D eigenvalue weighted by Crippen LogP contribution is 2.25. The number of hydrogen-bond acceptors (Lipinski definition) is 3. The van der Waals surface area contributed by atoms with Crippen molar-refractivity contribution in [1.82, 2.24) is 9.78 Å². The van der Waals surface area contributed by atoms with Crippen molar-refractivity contribution in [2.45, 2.75) is 20.4 Å². The van der Waals surface area contributed by atoms with E-state index in [1.54, 1.807) is 66.2 Å². The highest BCUT2D eigenvalue weighted by atomic mass is 35.5. The Hall–Kier alpha value is -3.48. The zero-order chi connectivity index (χ0) is 24.4. The van der Waals surface area contributed by atoms with E-state index in [0.29, 0.717) is 44.8 Å². The average Bonchev–Trinajstić information content (AvgIpc) is 3.08. The Kier molecular flexibility index (Phi) is 6.82. The molecule has 0 fully saturated rings. The Morgan fingerprint density at radius 3 is 2.32 bits per heavy atom. The molecule has 0 radical (unpaired) electrons. The Morgan fingerprint density at radius 1 is 0.971 bits per heavy atom. The monoisotopic (exact) mass is 495 g/mol. The van der Waals surface area contributed by atoms with Crippen molar-refractivity contribution in [3.05, 3.63) is 116 Å². The molecule has 4 rings (SSSR count). The van der Waals surface area contributed by atoms with Gasteiger partial charge < -0.3 is 5.32 Å². The topological polar surface area (TPSA) is 64.0 Å². The van der Waals surface area contributed by atoms with Crippen LogP contribution >= 0.6 is 23.2 Å². The first-order chi connectivity index (χ1) is 16.2. The van der Waals surface area contributed by atoms with Gasteiger partial charge in [0.05, 0.1) is 29.2 Å². The molecule has 172 valence electrons. The van der Waals surface area contributed by atoms with Gasteiger partial charge >= 0.3 is 0 Å². The van der Waals surface area contributed by atoms with E-state index in [2.05, 4.69) is 10.4 Å². The zero-order valence-corrected chi connectivity index (χ0v) is 19.9. The van der Waals surface area contributed by atoms with Crippen LogP contribution in [0.2, 0.25) is 10.0 Å². The van der Waals surface area contributed by atoms with E-state index in [0.717, 1.165) is 0 Å². The van der Waals surface area contributed by atoms with E-state index >= 15 is 0 Å². The van der Waals surface area contributed by atoms with Crippen LogP contribution in [0, 0.1) is 19.7 Å². The second-order valence-corrected chi connectivity index (χ2v) is 8.62. The maximum absolute atomic E-state index is 13.4. The fourth-order valence-electron chi connectivity index (χ4n) is 3.66. The van der Waals surface area contributed by atoms with Crippen molar-refractivity contribution >= 4 is 40.6 Å². The lowest BCUT2D eigenvalue weighted by Gasteiger charge is -2.11. The van der Waals surface area contributed by atoms with Gasteiger partial charge in [0.15, 0.2) is 5.78 Å². The van der Waals surface area contributed by atoms with Crippen LogP contribution in [-0.4, -0.2) is 21.5 Å². The molecule has 0 spiro atoms. The van der Waals surface area contributed by atoms with E-state index in [1.807, 2.05) is 6.92 Å². The van der Waals surface area contributed by atoms with E-state index in [1.165, 1.54) is 12.1 Å². The molecule has 0 aliphatic heterocycles. The molecular weight excluding hydrogens is 476 g/mol. The minimum Gasteiger partial charge on any atom is -0.319 e. The minimum absolute atomic E-state index is 0.246. The van der Waals surface area contributed by atoms with E-state index < -0.39 is 11.7 Å². The van der Waals surface area contributed by atoms with Crippen LogP contribution in [0.3, 0.4) is 0 Å². The highest BCUT2D eigenvalue weighted by molar-refractivity contribution is 6.31. The van der Waals surface area contributed by atoms with Gasteiger partial charge in [-0.15, -0.1) is 0 Å². The molecule has 0 saturated heterocycles. The van der Waals surface area contributed by atoms with Gasteiger partial charge in [-0.25, -0.2) is 4.39 Å². The molecule has 1 aromatic heterocycles. The van der Waals surface area contributed by atoms with Crippen molar-refractivity contribution in [2.75, 3.05) is 5.32 Å². The van der Waals surface area contributed by atoms with Gasteiger partial charge in [-0.3, -0.25) is 14.3 Å². The number of nitrogens with zero attached hydrogens (tertiary/aromatic N) is 2. The second-order valence-electron chi connectivity index (χ2n) is 7.77. The summed E-state index contributed by atoms with van der Waals surface area (Å²) in [7, 11) is 0. The number of benzene rings is 3. The third kappa shape index (κ3) is 4.88. The molecule has 3 aromatic carbocycles. The Balaban J connectivity index is 1.60. The summed E-state index contributed by atoms with van der Waals surface area (Å²) in [5.74, 6) is -1.12. The second kappa shape index (κ2) is 9.79. The van der Waals surface area contributed by atoms with Crippen LogP contribution in [0.25, 0.3) is 0 Å². The summed E-state index contributed by atoms with van der Waals surface area (Å²) in [5, 5.41) is 8.21. The van der Waals surface area contributed by atoms with Crippen molar-refractivity contribution in [2.24, 2.45) is 0 Å². The molecule has 4 aromatic rings. The highest BCUT2D eigenvalue weighted by Gasteiger charge is 2.21. The maximum Gasteiger partial charge on any atom is 0.256 e. The Bertz CT molecular complexity index is 1400. The third-order valence-electron chi connectivity index (χ3n) is 5.48. The largest absolute Gasteiger partial charge is 0.319 e. The number of carbonyl (C=O) groups is 2. The summed E-state index contributed by atoms with van der Waals surface area (Å²) in [6.07, 6.45) is 0. The van der Waals surface area contributed by atoms with E-state index in [4.69, 9.17) is 23.2 Å². The number of carbonyl (C=O) groups excluding carboxylic acids is 2. The maximum atomic E-state index is 13.4. The number of hydrogen-bond donors (Lipinski definition) is 1. The zero-order valence-electron chi connectivity index (χ0n) is 18.4. The summed E-state index contributed by atoms with van der Waals surface area (Å²) in [6, 6.07) is 17.3. The molecule has 5 nitrogen and oxygen atoms in total. The standard InChI is InChI=1S/C26H20Cl2FN3O2/c1-15-24(16(2)32(31-15)14-18-9-12-20(29)13-23(18)28)30-26(34)22-6-4-3-5-21(22)25(33)17-7-10-19(27)11-8-17/h3-13H,14H2,1-2H3,(H,30,34). The molecule has 8 heteroatoms. The number of aromatic nitrogens is 2. The molecule has 1 N–H and O–H groups in total. The van der Waals surface area contributed by atoms with Gasteiger partial charge in [0.1, 0.15) is 5.82 Å². The molecule has 1 amide bonds. The summed E-state index contributed by atoms with van der Waals surface area (Å²) in [6.45, 7) is 3.90. The van der Waals surface area contributed by atoms with Crippen molar-refractivity contribution in [1.29, 1.82) is 0 Å². The molecule has 1 heterocycles. The van der Waals surface area contributed by atoms with Crippen LogP contribution in [0.4, 0.5) is 10.1 Å². The summed E-state index contributed by atoms with van der Waals surface area (Å²) < 4.78 is 15.1. The fraction of sp³-hybridized carbons (Fsp3) is 0.115. The fourth-order valence-corrected chi connectivity index (χ4v) is 4.01. The molecule has 0 aliphatic rings. The van der Waals surface area contributed by atoms with Crippen LogP contribution in [0.15, 0.2) is 66.7 Å². The smallest absolute Gasteiger partial charge is 0.256 e. The van der Waals surface area contributed by atoms with Crippen molar-refractivity contribution < 1.29 is 14.0 Å². The molecule has 0 saturated carbocycles. The number of nitrogens with one attached hydrogen (secondary N) is 1. The first-order valence-corrected chi connectivity index (χ1v) is 11.2. The van der Waals surface area contributed by atoms with Crippen LogP contribution in [-0.2, 0) is 6.54 Å².